The van der Waals surface area contributed by atoms with E-state index in [1.54, 1.807) is 0 Å². The molecule has 0 bridgehead atoms. The number of nitriles is 1. The van der Waals surface area contributed by atoms with Gasteiger partial charge in [0.25, 0.3) is 0 Å². The Hall–Kier alpha value is -9.82. The summed E-state index contributed by atoms with van der Waals surface area (Å²) in [7, 11) is 0. The van der Waals surface area contributed by atoms with Gasteiger partial charge in [0.05, 0.1) is 11.6 Å². The molecule has 1 heterocycles. The second-order valence-electron chi connectivity index (χ2n) is 18.2. The third kappa shape index (κ3) is 7.63. The van der Waals surface area contributed by atoms with Gasteiger partial charge in [-0.3, -0.25) is 0 Å². The van der Waals surface area contributed by atoms with E-state index in [2.05, 4.69) is 218 Å². The van der Waals surface area contributed by atoms with Crippen LogP contribution in [0, 0.1) is 11.3 Å². The summed E-state index contributed by atoms with van der Waals surface area (Å²) >= 11 is 0. The van der Waals surface area contributed by atoms with Crippen LogP contribution in [0.5, 0.6) is 0 Å². The van der Waals surface area contributed by atoms with E-state index in [1.165, 1.54) is 48.7 Å². The average Bonchev–Trinajstić information content (AvgIpc) is 3.47. The molecular formula is C68H42N4. The fraction of sp³-hybridized carbons (Fsp3) is 0. The molecular weight excluding hydrogens is 873 g/mol. The normalized spacial score (nSPS) is 11.3. The minimum absolute atomic E-state index is 0.585. The number of rotatable bonds is 8. The number of nitrogens with zero attached hydrogens (tertiary/aromatic N) is 4. The van der Waals surface area contributed by atoms with Crippen LogP contribution in [0.2, 0.25) is 0 Å². The van der Waals surface area contributed by atoms with Gasteiger partial charge in [0, 0.05) is 16.7 Å². The molecule has 0 atom stereocenters. The highest BCUT2D eigenvalue weighted by Crippen LogP contribution is 2.40. The predicted octanol–water partition coefficient (Wildman–Crippen LogP) is 17.7. The third-order valence-corrected chi connectivity index (χ3v) is 14.0. The minimum atomic E-state index is 0.585. The number of fused-ring (bicyclic) bond motifs is 7. The highest BCUT2D eigenvalue weighted by Gasteiger charge is 2.18. The topological polar surface area (TPSA) is 62.5 Å². The van der Waals surface area contributed by atoms with E-state index in [9.17, 15) is 5.26 Å². The molecule has 0 N–H and O–H groups in total. The zero-order valence-electron chi connectivity index (χ0n) is 39.0. The molecule has 0 spiro atoms. The maximum Gasteiger partial charge on any atom is 0.164 e. The molecule has 0 saturated heterocycles. The molecule has 0 aliphatic rings. The SMILES string of the molecule is N#Cc1cc(-c2cccc(-c3ccccc3-c3nc(-c4ccccc4)nc(-c4ccc(-c5cccc6ccccc56)cc4)n3)c2)ccc1-c1cccc(-c2ccc3c4ccccc4c4ccccc4c3c2)c1. The van der Waals surface area contributed by atoms with E-state index in [1.807, 2.05) is 42.5 Å². The van der Waals surface area contributed by atoms with Crippen molar-refractivity contribution in [3.05, 3.63) is 260 Å². The van der Waals surface area contributed by atoms with E-state index in [-0.39, 0.29) is 0 Å². The van der Waals surface area contributed by atoms with Crippen LogP contribution in [0.4, 0.5) is 0 Å². The maximum absolute atomic E-state index is 10.7. The molecule has 0 amide bonds. The van der Waals surface area contributed by atoms with Gasteiger partial charge in [-0.05, 0) is 123 Å². The predicted molar refractivity (Wildman–Crippen MR) is 298 cm³/mol. The van der Waals surface area contributed by atoms with Crippen LogP contribution in [0.15, 0.2) is 255 Å². The van der Waals surface area contributed by atoms with E-state index in [0.29, 0.717) is 23.0 Å². The first-order chi connectivity index (χ1) is 35.6. The van der Waals surface area contributed by atoms with Gasteiger partial charge in [-0.15, -0.1) is 0 Å². The van der Waals surface area contributed by atoms with Crippen LogP contribution in [0.3, 0.4) is 0 Å². The van der Waals surface area contributed by atoms with Crippen molar-refractivity contribution in [3.8, 4) is 95.9 Å². The van der Waals surface area contributed by atoms with Crippen molar-refractivity contribution >= 4 is 43.1 Å². The van der Waals surface area contributed by atoms with Crippen molar-refractivity contribution < 1.29 is 0 Å². The standard InChI is InChI=1S/C68H42N4/c69-43-54-41-50(35-37-55(54)52-21-12-20-49(39-52)51-36-38-63-61-27-8-7-25-59(61)60-26-9-10-28-62(60)65(63)42-51)48-19-13-22-53(40-48)58-24-6-11-29-64(58)68-71-66(46-16-2-1-3-17-46)70-67(72-68)47-33-31-45(32-34-47)57-30-14-18-44-15-4-5-23-56(44)57/h1-42H. The molecule has 0 aliphatic heterocycles. The van der Waals surface area contributed by atoms with Crippen molar-refractivity contribution in [2.45, 2.75) is 0 Å². The van der Waals surface area contributed by atoms with Crippen LogP contribution in [-0.4, -0.2) is 15.0 Å². The van der Waals surface area contributed by atoms with Crippen LogP contribution in [0.25, 0.3) is 133 Å². The fourth-order valence-corrected chi connectivity index (χ4v) is 10.4. The van der Waals surface area contributed by atoms with Gasteiger partial charge in [-0.1, -0.05) is 231 Å². The van der Waals surface area contributed by atoms with Crippen molar-refractivity contribution in [2.24, 2.45) is 0 Å². The van der Waals surface area contributed by atoms with Gasteiger partial charge in [0.1, 0.15) is 0 Å². The number of aromatic nitrogens is 3. The van der Waals surface area contributed by atoms with Gasteiger partial charge in [0.15, 0.2) is 17.5 Å². The van der Waals surface area contributed by atoms with Crippen LogP contribution < -0.4 is 0 Å². The highest BCUT2D eigenvalue weighted by atomic mass is 15.0. The van der Waals surface area contributed by atoms with Gasteiger partial charge < -0.3 is 0 Å². The Morgan fingerprint density at radius 3 is 1.33 bits per heavy atom. The lowest BCUT2D eigenvalue weighted by Gasteiger charge is -2.14. The monoisotopic (exact) mass is 914 g/mol. The van der Waals surface area contributed by atoms with Gasteiger partial charge in [-0.2, -0.15) is 5.26 Å². The van der Waals surface area contributed by atoms with E-state index in [0.717, 1.165) is 66.8 Å². The van der Waals surface area contributed by atoms with Crippen LogP contribution in [-0.2, 0) is 0 Å². The van der Waals surface area contributed by atoms with Gasteiger partial charge in [-0.25, -0.2) is 15.0 Å². The second-order valence-corrected chi connectivity index (χ2v) is 18.2. The smallest absolute Gasteiger partial charge is 0.164 e. The molecule has 334 valence electrons. The van der Waals surface area contributed by atoms with Crippen LogP contribution >= 0.6 is 0 Å². The Morgan fingerprint density at radius 1 is 0.236 bits per heavy atom. The summed E-state index contributed by atoms with van der Waals surface area (Å²) in [4.78, 5) is 15.4. The molecule has 13 aromatic rings. The summed E-state index contributed by atoms with van der Waals surface area (Å²) in [6.45, 7) is 0. The quantitative estimate of drug-likeness (QED) is 0.143. The Morgan fingerprint density at radius 2 is 0.653 bits per heavy atom. The summed E-state index contributed by atoms with van der Waals surface area (Å²) in [6, 6.07) is 91.7. The Balaban J connectivity index is 0.840. The summed E-state index contributed by atoms with van der Waals surface area (Å²) in [5, 5.41) is 20.6. The number of hydrogen-bond donors (Lipinski definition) is 0. The Kier molecular flexibility index (Phi) is 10.5. The highest BCUT2D eigenvalue weighted by molar-refractivity contribution is 6.25. The minimum Gasteiger partial charge on any atom is -0.208 e. The van der Waals surface area contributed by atoms with E-state index < -0.39 is 0 Å². The van der Waals surface area contributed by atoms with Crippen molar-refractivity contribution in [2.75, 3.05) is 0 Å². The first kappa shape index (κ1) is 42.3. The Labute approximate surface area is 417 Å². The molecule has 4 nitrogen and oxygen atoms in total. The zero-order chi connectivity index (χ0) is 48.0. The molecule has 13 rings (SSSR count). The van der Waals surface area contributed by atoms with Gasteiger partial charge in [0.2, 0.25) is 0 Å². The molecule has 1 aromatic heterocycles. The molecule has 0 fully saturated rings. The molecule has 12 aromatic carbocycles. The first-order valence-electron chi connectivity index (χ1n) is 24.2. The van der Waals surface area contributed by atoms with Crippen molar-refractivity contribution in [1.82, 2.24) is 15.0 Å². The lowest BCUT2D eigenvalue weighted by Crippen LogP contribution is -2.01. The molecule has 72 heavy (non-hydrogen) atoms. The number of benzene rings is 12. The maximum atomic E-state index is 10.7. The second kappa shape index (κ2) is 17.9. The summed E-state index contributed by atoms with van der Waals surface area (Å²) < 4.78 is 0. The lowest BCUT2D eigenvalue weighted by molar-refractivity contribution is 1.07. The van der Waals surface area contributed by atoms with Crippen molar-refractivity contribution in [3.63, 3.8) is 0 Å². The number of hydrogen-bond acceptors (Lipinski definition) is 4. The van der Waals surface area contributed by atoms with E-state index >= 15 is 0 Å². The first-order valence-corrected chi connectivity index (χ1v) is 24.2. The Bertz CT molecular complexity index is 4240. The molecule has 0 radical (unpaired) electrons. The van der Waals surface area contributed by atoms with Gasteiger partial charge >= 0.3 is 0 Å². The summed E-state index contributed by atoms with van der Waals surface area (Å²) in [5.74, 6) is 1.79. The summed E-state index contributed by atoms with van der Waals surface area (Å²) in [6.07, 6.45) is 0. The van der Waals surface area contributed by atoms with E-state index in [4.69, 9.17) is 15.0 Å². The fourth-order valence-electron chi connectivity index (χ4n) is 10.4. The molecule has 0 aliphatic carbocycles. The largest absolute Gasteiger partial charge is 0.208 e. The summed E-state index contributed by atoms with van der Waals surface area (Å²) in [5.41, 5.74) is 13.7. The van der Waals surface area contributed by atoms with Crippen molar-refractivity contribution in [1.29, 1.82) is 5.26 Å². The van der Waals surface area contributed by atoms with Crippen LogP contribution in [0.1, 0.15) is 5.56 Å². The average molecular weight is 915 g/mol. The third-order valence-electron chi connectivity index (χ3n) is 14.0. The zero-order valence-corrected chi connectivity index (χ0v) is 39.0. The molecule has 0 saturated carbocycles. The molecule has 0 unspecified atom stereocenters. The lowest BCUT2D eigenvalue weighted by atomic mass is 9.90. The molecule has 4 heteroatoms.